The van der Waals surface area contributed by atoms with Gasteiger partial charge in [-0.15, -0.1) is 0 Å². The Hall–Kier alpha value is -0.0800. The van der Waals surface area contributed by atoms with Crippen LogP contribution in [0.4, 0.5) is 0 Å². The molecule has 106 valence electrons. The smallest absolute Gasteiger partial charge is 0.0747 e. The van der Waals surface area contributed by atoms with Gasteiger partial charge in [0.05, 0.1) is 6.10 Å². The third kappa shape index (κ3) is 3.08. The maximum atomic E-state index is 5.75. The van der Waals surface area contributed by atoms with Crippen molar-refractivity contribution in [2.24, 2.45) is 23.7 Å². The SMILES string of the molecule is CCNC(CC1CC2CCC1C2)C(OC)C(C)C. The quantitative estimate of drug-likeness (QED) is 0.750. The van der Waals surface area contributed by atoms with Gasteiger partial charge in [-0.1, -0.05) is 27.2 Å². The fourth-order valence-electron chi connectivity index (χ4n) is 4.49. The lowest BCUT2D eigenvalue weighted by Gasteiger charge is -2.33. The van der Waals surface area contributed by atoms with Gasteiger partial charge in [0.2, 0.25) is 0 Å². The zero-order valence-corrected chi connectivity index (χ0v) is 12.6. The van der Waals surface area contributed by atoms with Crippen LogP contribution in [0.1, 0.15) is 52.9 Å². The van der Waals surface area contributed by atoms with Crippen LogP contribution in [0.25, 0.3) is 0 Å². The van der Waals surface area contributed by atoms with Crippen molar-refractivity contribution < 1.29 is 4.74 Å². The molecule has 2 rings (SSSR count). The largest absolute Gasteiger partial charge is 0.380 e. The van der Waals surface area contributed by atoms with Crippen LogP contribution in [0, 0.1) is 23.7 Å². The van der Waals surface area contributed by atoms with Crippen molar-refractivity contribution in [2.75, 3.05) is 13.7 Å². The molecule has 2 bridgehead atoms. The number of hydrogen-bond acceptors (Lipinski definition) is 2. The summed E-state index contributed by atoms with van der Waals surface area (Å²) in [5.41, 5.74) is 0. The van der Waals surface area contributed by atoms with Crippen molar-refractivity contribution in [2.45, 2.75) is 65.0 Å². The molecule has 0 aliphatic heterocycles. The summed E-state index contributed by atoms with van der Waals surface area (Å²) in [6.45, 7) is 7.82. The average molecular weight is 253 g/mol. The van der Waals surface area contributed by atoms with Gasteiger partial charge in [-0.3, -0.25) is 0 Å². The summed E-state index contributed by atoms with van der Waals surface area (Å²) < 4.78 is 5.75. The van der Waals surface area contributed by atoms with E-state index in [2.05, 4.69) is 26.1 Å². The first-order valence-corrected chi connectivity index (χ1v) is 7.91. The number of nitrogens with one attached hydrogen (secondary N) is 1. The van der Waals surface area contributed by atoms with Crippen LogP contribution in [0.2, 0.25) is 0 Å². The summed E-state index contributed by atoms with van der Waals surface area (Å²) in [6.07, 6.45) is 7.69. The molecule has 0 radical (unpaired) electrons. The van der Waals surface area contributed by atoms with Crippen molar-refractivity contribution in [1.82, 2.24) is 5.32 Å². The third-order valence-electron chi connectivity index (χ3n) is 5.23. The molecular formula is C16H31NO. The molecule has 2 heteroatoms. The summed E-state index contributed by atoms with van der Waals surface area (Å²) in [5.74, 6) is 3.64. The molecule has 18 heavy (non-hydrogen) atoms. The minimum absolute atomic E-state index is 0.365. The molecule has 0 amide bonds. The highest BCUT2D eigenvalue weighted by atomic mass is 16.5. The zero-order valence-electron chi connectivity index (χ0n) is 12.6. The van der Waals surface area contributed by atoms with Crippen LogP contribution in [0.5, 0.6) is 0 Å². The monoisotopic (exact) mass is 253 g/mol. The molecule has 0 aromatic heterocycles. The van der Waals surface area contributed by atoms with Gasteiger partial charge in [-0.2, -0.15) is 0 Å². The second-order valence-electron chi connectivity index (χ2n) is 6.78. The van der Waals surface area contributed by atoms with E-state index in [1.807, 2.05) is 7.11 Å². The van der Waals surface area contributed by atoms with Gasteiger partial charge in [0.15, 0.2) is 0 Å². The molecule has 2 saturated carbocycles. The summed E-state index contributed by atoms with van der Waals surface area (Å²) in [7, 11) is 1.87. The molecule has 0 aromatic carbocycles. The standard InChI is InChI=1S/C16H31NO/c1-5-17-15(16(18-4)11(2)3)10-14-9-12-6-7-13(14)8-12/h11-17H,5-10H2,1-4H3. The van der Waals surface area contributed by atoms with E-state index in [1.165, 1.54) is 32.1 Å². The molecule has 2 nitrogen and oxygen atoms in total. The maximum Gasteiger partial charge on any atom is 0.0747 e. The fourth-order valence-corrected chi connectivity index (χ4v) is 4.49. The van der Waals surface area contributed by atoms with Crippen LogP contribution in [0.15, 0.2) is 0 Å². The van der Waals surface area contributed by atoms with E-state index in [-0.39, 0.29) is 0 Å². The van der Waals surface area contributed by atoms with Crippen LogP contribution in [0.3, 0.4) is 0 Å². The minimum atomic E-state index is 0.365. The van der Waals surface area contributed by atoms with Gasteiger partial charge >= 0.3 is 0 Å². The zero-order chi connectivity index (χ0) is 13.1. The van der Waals surface area contributed by atoms with E-state index in [0.29, 0.717) is 18.1 Å². The Morgan fingerprint density at radius 1 is 1.22 bits per heavy atom. The Morgan fingerprint density at radius 2 is 2.00 bits per heavy atom. The Labute approximate surface area is 113 Å². The Kier molecular flexibility index (Phi) is 5.08. The summed E-state index contributed by atoms with van der Waals surface area (Å²) in [6, 6.07) is 0.546. The summed E-state index contributed by atoms with van der Waals surface area (Å²) >= 11 is 0. The van der Waals surface area contributed by atoms with Crippen LogP contribution >= 0.6 is 0 Å². The number of rotatable bonds is 7. The predicted octanol–water partition coefficient (Wildman–Crippen LogP) is 3.46. The van der Waals surface area contributed by atoms with E-state index < -0.39 is 0 Å². The molecule has 2 fully saturated rings. The second-order valence-corrected chi connectivity index (χ2v) is 6.78. The molecule has 0 spiro atoms. The highest BCUT2D eigenvalue weighted by Gasteiger charge is 2.41. The first kappa shape index (κ1) is 14.3. The number of ether oxygens (including phenoxy) is 1. The van der Waals surface area contributed by atoms with Crippen molar-refractivity contribution in [3.8, 4) is 0 Å². The van der Waals surface area contributed by atoms with Crippen LogP contribution in [-0.4, -0.2) is 25.8 Å². The molecule has 0 saturated heterocycles. The van der Waals surface area contributed by atoms with Crippen molar-refractivity contribution in [3.05, 3.63) is 0 Å². The fraction of sp³-hybridized carbons (Fsp3) is 1.00. The molecule has 0 heterocycles. The summed E-state index contributed by atoms with van der Waals surface area (Å²) in [4.78, 5) is 0. The van der Waals surface area contributed by atoms with Crippen LogP contribution < -0.4 is 5.32 Å². The Balaban J connectivity index is 1.93. The normalized spacial score (nSPS) is 34.2. The van der Waals surface area contributed by atoms with Gasteiger partial charge in [0, 0.05) is 13.2 Å². The van der Waals surface area contributed by atoms with Crippen molar-refractivity contribution >= 4 is 0 Å². The second kappa shape index (κ2) is 6.38. The van der Waals surface area contributed by atoms with Gasteiger partial charge in [-0.05, 0) is 55.9 Å². The molecular weight excluding hydrogens is 222 g/mol. The van der Waals surface area contributed by atoms with E-state index in [0.717, 1.165) is 24.3 Å². The predicted molar refractivity (Wildman–Crippen MR) is 76.7 cm³/mol. The van der Waals surface area contributed by atoms with Gasteiger partial charge in [0.25, 0.3) is 0 Å². The highest BCUT2D eigenvalue weighted by Crippen LogP contribution is 2.50. The van der Waals surface area contributed by atoms with E-state index in [4.69, 9.17) is 4.74 Å². The molecule has 1 N–H and O–H groups in total. The molecule has 2 aliphatic rings. The van der Waals surface area contributed by atoms with Crippen molar-refractivity contribution in [1.29, 1.82) is 0 Å². The van der Waals surface area contributed by atoms with Crippen molar-refractivity contribution in [3.63, 3.8) is 0 Å². The topological polar surface area (TPSA) is 21.3 Å². The minimum Gasteiger partial charge on any atom is -0.380 e. The van der Waals surface area contributed by atoms with Gasteiger partial charge in [0.1, 0.15) is 0 Å². The van der Waals surface area contributed by atoms with Crippen LogP contribution in [-0.2, 0) is 4.74 Å². The first-order valence-electron chi connectivity index (χ1n) is 7.91. The van der Waals surface area contributed by atoms with Gasteiger partial charge < -0.3 is 10.1 Å². The third-order valence-corrected chi connectivity index (χ3v) is 5.23. The number of fused-ring (bicyclic) bond motifs is 2. The van der Waals surface area contributed by atoms with E-state index >= 15 is 0 Å². The van der Waals surface area contributed by atoms with E-state index in [9.17, 15) is 0 Å². The molecule has 5 atom stereocenters. The number of methoxy groups -OCH3 is 1. The van der Waals surface area contributed by atoms with Gasteiger partial charge in [-0.25, -0.2) is 0 Å². The lowest BCUT2D eigenvalue weighted by molar-refractivity contribution is 0.0234. The number of hydrogen-bond donors (Lipinski definition) is 1. The number of likely N-dealkylation sites (N-methyl/N-ethyl adjacent to an activating group) is 1. The highest BCUT2D eigenvalue weighted by molar-refractivity contribution is 4.93. The van der Waals surface area contributed by atoms with E-state index in [1.54, 1.807) is 0 Å². The lowest BCUT2D eigenvalue weighted by Crippen LogP contribution is -2.45. The lowest BCUT2D eigenvalue weighted by atomic mass is 9.81. The molecule has 2 aliphatic carbocycles. The average Bonchev–Trinajstić information content (AvgIpc) is 2.91. The Bertz CT molecular complexity index is 253. The first-order chi connectivity index (χ1) is 8.65. The molecule has 5 unspecified atom stereocenters. The maximum absolute atomic E-state index is 5.75. The molecule has 0 aromatic rings. The Morgan fingerprint density at radius 3 is 2.44 bits per heavy atom. The summed E-state index contributed by atoms with van der Waals surface area (Å²) in [5, 5.41) is 3.68.